The van der Waals surface area contributed by atoms with Gasteiger partial charge >= 0.3 is 6.18 Å². The van der Waals surface area contributed by atoms with E-state index >= 15 is 4.79 Å². The van der Waals surface area contributed by atoms with Crippen molar-refractivity contribution in [2.75, 3.05) is 10.3 Å². The number of hydrazine groups is 1. The van der Waals surface area contributed by atoms with Crippen molar-refractivity contribution in [1.82, 2.24) is 9.99 Å². The summed E-state index contributed by atoms with van der Waals surface area (Å²) in [4.78, 5) is 63.7. The monoisotopic (exact) mass is 808 g/mol. The molecule has 2 N–H and O–H groups in total. The molecule has 1 saturated carbocycles. The number of carbonyl (C=O) groups is 4. The lowest BCUT2D eigenvalue weighted by molar-refractivity contribution is -0.139. The number of halogens is 6. The van der Waals surface area contributed by atoms with Crippen LogP contribution in [0.2, 0.25) is 15.1 Å². The molecule has 6 atom stereocenters. The number of benzene rings is 3. The average molecular weight is 810 g/mol. The highest BCUT2D eigenvalue weighted by Crippen LogP contribution is 2.65. The molecule has 3 heterocycles. The van der Waals surface area contributed by atoms with Crippen LogP contribution in [-0.2, 0) is 37.2 Å². The van der Waals surface area contributed by atoms with E-state index in [1.165, 1.54) is 17.0 Å². The lowest BCUT2D eigenvalue weighted by Gasteiger charge is -2.50. The van der Waals surface area contributed by atoms with Gasteiger partial charge in [-0.05, 0) is 84.3 Å². The number of pyridine rings is 1. The maximum absolute atomic E-state index is 15.3. The van der Waals surface area contributed by atoms with Crippen LogP contribution in [-0.4, -0.2) is 38.7 Å². The third kappa shape index (κ3) is 5.71. The van der Waals surface area contributed by atoms with Crippen LogP contribution in [0.3, 0.4) is 0 Å². The van der Waals surface area contributed by atoms with Crippen molar-refractivity contribution in [2.45, 2.75) is 43.7 Å². The van der Waals surface area contributed by atoms with Gasteiger partial charge in [0.1, 0.15) is 5.75 Å². The maximum Gasteiger partial charge on any atom is 0.417 e. The first-order chi connectivity index (χ1) is 26.2. The lowest BCUT2D eigenvalue weighted by atomic mass is 9.49. The summed E-state index contributed by atoms with van der Waals surface area (Å²) >= 11 is 19.5. The number of carbonyl (C=O) groups excluding carboxylic acids is 4. The van der Waals surface area contributed by atoms with E-state index < -0.39 is 69.5 Å². The minimum absolute atomic E-state index is 0.0552. The highest BCUT2D eigenvalue weighted by atomic mass is 35.5. The van der Waals surface area contributed by atoms with Crippen molar-refractivity contribution in [2.24, 2.45) is 23.7 Å². The number of imide groups is 2. The van der Waals surface area contributed by atoms with Gasteiger partial charge in [0, 0.05) is 22.2 Å². The fourth-order valence-corrected chi connectivity index (χ4v) is 9.63. The largest absolute Gasteiger partial charge is 0.508 e. The predicted molar refractivity (Wildman–Crippen MR) is 198 cm³/mol. The van der Waals surface area contributed by atoms with Crippen LogP contribution in [0.4, 0.5) is 24.7 Å². The Morgan fingerprint density at radius 3 is 2.24 bits per heavy atom. The van der Waals surface area contributed by atoms with Crippen LogP contribution < -0.4 is 10.3 Å². The number of nitrogens with zero attached hydrogens (tertiary/aromatic N) is 3. The third-order valence-electron chi connectivity index (χ3n) is 11.5. The Hall–Kier alpha value is -4.91. The molecule has 0 bridgehead atoms. The van der Waals surface area contributed by atoms with Crippen LogP contribution in [0.1, 0.15) is 47.9 Å². The second-order valence-corrected chi connectivity index (χ2v) is 15.4. The number of aromatic hydroxyl groups is 1. The molecule has 3 aromatic carbocycles. The highest BCUT2D eigenvalue weighted by Gasteiger charge is 2.70. The number of phenolic OH excluding ortho intramolecular Hbond substituents is 1. The number of aryl methyl sites for hydroxylation is 1. The normalized spacial score (nSPS) is 26.2. The first kappa shape index (κ1) is 37.0. The van der Waals surface area contributed by atoms with Gasteiger partial charge in [-0.25, -0.2) is 4.98 Å². The summed E-state index contributed by atoms with van der Waals surface area (Å²) in [5.74, 6) is -7.49. The first-order valence-electron chi connectivity index (χ1n) is 17.5. The molecule has 0 spiro atoms. The molecular weight excluding hydrogens is 780 g/mol. The Kier molecular flexibility index (Phi) is 9.01. The van der Waals surface area contributed by atoms with Gasteiger partial charge in [0.2, 0.25) is 11.8 Å². The number of aromatic nitrogens is 1. The molecule has 3 fully saturated rings. The molecule has 0 radical (unpaired) electrons. The molecular formula is C40H30Cl3F3N4O5. The topological polar surface area (TPSA) is 120 Å². The molecule has 55 heavy (non-hydrogen) atoms. The fraction of sp³-hybridized carbons (Fsp3) is 0.275. The van der Waals surface area contributed by atoms with E-state index in [2.05, 4.69) is 10.4 Å². The number of phenols is 1. The lowest BCUT2D eigenvalue weighted by Crippen LogP contribution is -2.53. The van der Waals surface area contributed by atoms with E-state index in [-0.39, 0.29) is 35.3 Å². The van der Waals surface area contributed by atoms with Gasteiger partial charge < -0.3 is 5.11 Å². The molecule has 282 valence electrons. The average Bonchev–Trinajstić information content (AvgIpc) is 3.53. The van der Waals surface area contributed by atoms with Gasteiger partial charge in [-0.3, -0.25) is 29.5 Å². The van der Waals surface area contributed by atoms with Crippen molar-refractivity contribution in [1.29, 1.82) is 0 Å². The summed E-state index contributed by atoms with van der Waals surface area (Å²) in [6.07, 6.45) is -1.50. The van der Waals surface area contributed by atoms with E-state index in [1.54, 1.807) is 42.5 Å². The van der Waals surface area contributed by atoms with Gasteiger partial charge in [-0.15, -0.1) is 0 Å². The highest BCUT2D eigenvalue weighted by molar-refractivity contribution is 6.33. The zero-order chi connectivity index (χ0) is 39.1. The summed E-state index contributed by atoms with van der Waals surface area (Å²) in [6.45, 7) is 1.99. The van der Waals surface area contributed by atoms with E-state index in [0.717, 1.165) is 12.0 Å². The van der Waals surface area contributed by atoms with Gasteiger partial charge in [0.25, 0.3) is 11.8 Å². The van der Waals surface area contributed by atoms with E-state index in [0.29, 0.717) is 44.7 Å². The van der Waals surface area contributed by atoms with Crippen LogP contribution in [0, 0.1) is 23.7 Å². The van der Waals surface area contributed by atoms with Crippen molar-refractivity contribution >= 4 is 69.9 Å². The Labute approximate surface area is 327 Å². The molecule has 2 aliphatic heterocycles. The van der Waals surface area contributed by atoms with Crippen LogP contribution in [0.5, 0.6) is 5.75 Å². The predicted octanol–water partition coefficient (Wildman–Crippen LogP) is 8.52. The van der Waals surface area contributed by atoms with Crippen LogP contribution in [0.15, 0.2) is 90.6 Å². The first-order valence-corrected chi connectivity index (χ1v) is 18.6. The summed E-state index contributed by atoms with van der Waals surface area (Å²) < 4.78 is 40.4. The van der Waals surface area contributed by atoms with Crippen molar-refractivity contribution < 1.29 is 37.5 Å². The molecule has 6 unspecified atom stereocenters. The van der Waals surface area contributed by atoms with Crippen LogP contribution >= 0.6 is 34.8 Å². The molecule has 8 rings (SSSR count). The summed E-state index contributed by atoms with van der Waals surface area (Å²) in [6, 6.07) is 18.4. The van der Waals surface area contributed by atoms with Crippen LogP contribution in [0.25, 0.3) is 0 Å². The Morgan fingerprint density at radius 1 is 0.891 bits per heavy atom. The van der Waals surface area contributed by atoms with Crippen molar-refractivity contribution in [3.05, 3.63) is 128 Å². The summed E-state index contributed by atoms with van der Waals surface area (Å²) in [7, 11) is 0. The van der Waals surface area contributed by atoms with Crippen molar-refractivity contribution in [3.8, 4) is 5.75 Å². The number of hydrogen-bond donors (Lipinski definition) is 2. The van der Waals surface area contributed by atoms with E-state index in [1.807, 2.05) is 25.1 Å². The minimum atomic E-state index is -4.76. The number of anilines is 2. The number of fused-ring (bicyclic) bond motifs is 4. The van der Waals surface area contributed by atoms with Gasteiger partial charge in [-0.1, -0.05) is 83.7 Å². The number of rotatable bonds is 6. The molecule has 4 amide bonds. The second kappa shape index (κ2) is 13.4. The molecule has 9 nitrogen and oxygen atoms in total. The Bertz CT molecular complexity index is 2320. The van der Waals surface area contributed by atoms with E-state index in [9.17, 15) is 32.7 Å². The zero-order valence-corrected chi connectivity index (χ0v) is 31.0. The Morgan fingerprint density at radius 2 is 1.60 bits per heavy atom. The Balaban J connectivity index is 1.30. The molecule has 15 heteroatoms. The standard InChI is InChI=1S/C40H30Cl3F3N4O5/c1-2-19-3-9-23(10-4-19)49-35(52)27-14-13-25-28(32(27)37(49)54)17-29-36(53)50(48-34-31(43)15-21(18-47-34)40(44,45)46)38(55)39(29,20-5-7-22(41)8-6-20)33(25)26-12-11-24(51)16-30(26)42/h3-13,15-16,18,27-29,32-33,51H,2,14,17H2,1H3,(H,47,48). The quantitative estimate of drug-likeness (QED) is 0.148. The van der Waals surface area contributed by atoms with Crippen molar-refractivity contribution in [3.63, 3.8) is 0 Å². The molecule has 2 aliphatic carbocycles. The molecule has 1 aromatic heterocycles. The number of amides is 4. The smallest absolute Gasteiger partial charge is 0.417 e. The number of hydrogen-bond acceptors (Lipinski definition) is 7. The SMILES string of the molecule is CCc1ccc(N2C(=O)C3CC=C4C(CC5C(=O)N(Nc6ncc(C(F)(F)F)cc6Cl)C(=O)C5(c5ccc(Cl)cc5)C4c4ccc(O)cc4Cl)C3C2=O)cc1. The van der Waals surface area contributed by atoms with Gasteiger partial charge in [-0.2, -0.15) is 18.2 Å². The third-order valence-corrected chi connectivity index (χ3v) is 12.3. The molecule has 4 aliphatic rings. The summed E-state index contributed by atoms with van der Waals surface area (Å²) in [5, 5.41) is 11.0. The summed E-state index contributed by atoms with van der Waals surface area (Å²) in [5.41, 5.74) is 2.50. The zero-order valence-electron chi connectivity index (χ0n) is 28.8. The number of nitrogens with one attached hydrogen (secondary N) is 1. The second-order valence-electron chi connectivity index (χ2n) is 14.2. The number of alkyl halides is 3. The van der Waals surface area contributed by atoms with Gasteiger partial charge in [0.15, 0.2) is 5.82 Å². The number of allylic oxidation sites excluding steroid dienone is 2. The van der Waals surface area contributed by atoms with E-state index in [4.69, 9.17) is 34.8 Å². The molecule has 2 saturated heterocycles. The maximum atomic E-state index is 15.3. The molecule has 4 aromatic rings. The van der Waals surface area contributed by atoms with Gasteiger partial charge in [0.05, 0.1) is 39.4 Å². The minimum Gasteiger partial charge on any atom is -0.508 e. The fourth-order valence-electron chi connectivity index (χ4n) is 9.01.